The molecule has 3 heterocycles. The van der Waals surface area contributed by atoms with Gasteiger partial charge in [-0.05, 0) is 25.8 Å². The smallest absolute Gasteiger partial charge is 0.355 e. The van der Waals surface area contributed by atoms with Crippen LogP contribution in [-0.4, -0.2) is 32.6 Å². The molecule has 7 nitrogen and oxygen atoms in total. The van der Waals surface area contributed by atoms with Crippen LogP contribution >= 0.6 is 22.9 Å². The molecular weight excluding hydrogens is 493 g/mol. The predicted molar refractivity (Wildman–Crippen MR) is 107 cm³/mol. The minimum Gasteiger partial charge on any atom is -0.355 e. The number of carbonyl (C=O) groups excluding carboxylic acids is 1. The van der Waals surface area contributed by atoms with Gasteiger partial charge in [0, 0.05) is 18.7 Å². The number of rotatable bonds is 5. The molecule has 1 N–H and O–H groups in total. The Hall–Kier alpha value is -2.98. The molecule has 1 aliphatic carbocycles. The van der Waals surface area contributed by atoms with Gasteiger partial charge in [0.25, 0.3) is 5.91 Å². The Kier molecular flexibility index (Phi) is 5.29. The summed E-state index contributed by atoms with van der Waals surface area (Å²) < 4.78 is 72.4. The standard InChI is InChI=1S/C19H13ClF5N5O2S/c1-8-13(30(2)28-14(8)18(21,22)19(23,24)25)10-6-11(32-29-10)12-5-9(15(20)33-12)16(31)27-17(7-26)3-4-17/h5-6H,3-4H2,1-2H3,(H,27,31). The van der Waals surface area contributed by atoms with Crippen molar-refractivity contribution in [1.29, 1.82) is 5.26 Å². The molecular formula is C19H13ClF5N5O2S. The summed E-state index contributed by atoms with van der Waals surface area (Å²) in [6, 6.07) is 4.77. The Bertz CT molecular complexity index is 1300. The second kappa shape index (κ2) is 7.53. The first kappa shape index (κ1) is 23.2. The summed E-state index contributed by atoms with van der Waals surface area (Å²) >= 11 is 7.14. The van der Waals surface area contributed by atoms with Crippen molar-refractivity contribution in [3.8, 4) is 28.1 Å². The molecule has 4 rings (SSSR count). The molecule has 0 aromatic carbocycles. The molecule has 1 aliphatic rings. The van der Waals surface area contributed by atoms with E-state index in [-0.39, 0.29) is 27.0 Å². The topological polar surface area (TPSA) is 96.7 Å². The zero-order chi connectivity index (χ0) is 24.3. The first-order chi connectivity index (χ1) is 15.3. The third-order valence-electron chi connectivity index (χ3n) is 5.18. The summed E-state index contributed by atoms with van der Waals surface area (Å²) in [6.07, 6.45) is -4.74. The lowest BCUT2D eigenvalue weighted by atomic mass is 10.1. The number of nitriles is 1. The van der Waals surface area contributed by atoms with Crippen LogP contribution in [0.5, 0.6) is 0 Å². The Morgan fingerprint density at radius 1 is 1.33 bits per heavy atom. The number of aryl methyl sites for hydroxylation is 1. The Morgan fingerprint density at radius 2 is 2.00 bits per heavy atom. The maximum atomic E-state index is 13.9. The molecule has 1 amide bonds. The number of amides is 1. The molecule has 3 aromatic heterocycles. The van der Waals surface area contributed by atoms with Gasteiger partial charge in [0.05, 0.1) is 22.2 Å². The minimum absolute atomic E-state index is 0.0290. The zero-order valence-corrected chi connectivity index (χ0v) is 18.4. The van der Waals surface area contributed by atoms with Crippen LogP contribution in [0.25, 0.3) is 22.0 Å². The highest BCUT2D eigenvalue weighted by molar-refractivity contribution is 7.19. The number of nitrogens with zero attached hydrogens (tertiary/aromatic N) is 4. The highest BCUT2D eigenvalue weighted by Crippen LogP contribution is 2.46. The lowest BCUT2D eigenvalue weighted by Gasteiger charge is -2.17. The van der Waals surface area contributed by atoms with Gasteiger partial charge in [0.2, 0.25) is 0 Å². The van der Waals surface area contributed by atoms with Crippen molar-refractivity contribution in [3.63, 3.8) is 0 Å². The van der Waals surface area contributed by atoms with Crippen LogP contribution in [0.4, 0.5) is 22.0 Å². The van der Waals surface area contributed by atoms with Gasteiger partial charge in [-0.2, -0.15) is 32.3 Å². The van der Waals surface area contributed by atoms with Crippen molar-refractivity contribution in [3.05, 3.63) is 33.3 Å². The Balaban J connectivity index is 1.65. The molecule has 0 bridgehead atoms. The van der Waals surface area contributed by atoms with Crippen LogP contribution in [0.2, 0.25) is 4.34 Å². The summed E-state index contributed by atoms with van der Waals surface area (Å²) in [6.45, 7) is 1.08. The van der Waals surface area contributed by atoms with Gasteiger partial charge in [0.15, 0.2) is 5.76 Å². The van der Waals surface area contributed by atoms with E-state index in [4.69, 9.17) is 21.4 Å². The summed E-state index contributed by atoms with van der Waals surface area (Å²) in [7, 11) is 1.21. The summed E-state index contributed by atoms with van der Waals surface area (Å²) in [5, 5.41) is 18.9. The second-order valence-corrected chi connectivity index (χ2v) is 9.19. The zero-order valence-electron chi connectivity index (χ0n) is 16.9. The number of hydrogen-bond donors (Lipinski definition) is 1. The number of alkyl halides is 5. The van der Waals surface area contributed by atoms with E-state index in [0.29, 0.717) is 17.7 Å². The summed E-state index contributed by atoms with van der Waals surface area (Å²) in [5.41, 5.74) is -2.74. The largest absolute Gasteiger partial charge is 0.459 e. The summed E-state index contributed by atoms with van der Waals surface area (Å²) in [4.78, 5) is 12.8. The molecule has 0 spiro atoms. The number of thiophene rings is 1. The third-order valence-corrected chi connectivity index (χ3v) is 6.55. The monoisotopic (exact) mass is 505 g/mol. The number of hydrogen-bond acceptors (Lipinski definition) is 6. The molecule has 0 aliphatic heterocycles. The molecule has 1 saturated carbocycles. The van der Waals surface area contributed by atoms with E-state index in [9.17, 15) is 26.7 Å². The molecule has 0 atom stereocenters. The maximum Gasteiger partial charge on any atom is 0.459 e. The van der Waals surface area contributed by atoms with Crippen LogP contribution < -0.4 is 5.32 Å². The van der Waals surface area contributed by atoms with Crippen molar-refractivity contribution in [2.75, 3.05) is 0 Å². The Labute approximate surface area is 191 Å². The maximum absolute atomic E-state index is 13.9. The minimum atomic E-state index is -5.81. The number of aromatic nitrogens is 3. The lowest BCUT2D eigenvalue weighted by Crippen LogP contribution is -2.35. The average molecular weight is 506 g/mol. The number of halogens is 6. The fraction of sp³-hybridized carbons (Fsp3) is 0.368. The average Bonchev–Trinajstić information content (AvgIpc) is 3.02. The predicted octanol–water partition coefficient (Wildman–Crippen LogP) is 5.21. The quantitative estimate of drug-likeness (QED) is 0.480. The molecule has 1 fully saturated rings. The first-order valence-corrected chi connectivity index (χ1v) is 10.5. The van der Waals surface area contributed by atoms with E-state index in [0.717, 1.165) is 22.9 Å². The van der Waals surface area contributed by atoms with Crippen molar-refractivity contribution < 1.29 is 31.3 Å². The molecule has 14 heteroatoms. The van der Waals surface area contributed by atoms with Crippen LogP contribution in [0, 0.1) is 18.3 Å². The van der Waals surface area contributed by atoms with Gasteiger partial charge in [0.1, 0.15) is 21.3 Å². The van der Waals surface area contributed by atoms with Crippen LogP contribution in [0.15, 0.2) is 16.7 Å². The van der Waals surface area contributed by atoms with E-state index < -0.39 is 34.8 Å². The van der Waals surface area contributed by atoms with Gasteiger partial charge in [-0.15, -0.1) is 11.3 Å². The second-order valence-electron chi connectivity index (χ2n) is 7.54. The molecule has 3 aromatic rings. The fourth-order valence-electron chi connectivity index (χ4n) is 3.24. The van der Waals surface area contributed by atoms with E-state index in [1.807, 2.05) is 6.07 Å². The molecule has 0 unspecified atom stereocenters. The first-order valence-electron chi connectivity index (χ1n) is 9.29. The Morgan fingerprint density at radius 3 is 2.58 bits per heavy atom. The summed E-state index contributed by atoms with van der Waals surface area (Å²) in [5.74, 6) is -5.57. The normalized spacial score (nSPS) is 15.4. The van der Waals surface area contributed by atoms with Crippen molar-refractivity contribution in [2.24, 2.45) is 7.05 Å². The van der Waals surface area contributed by atoms with E-state index in [1.54, 1.807) is 0 Å². The van der Waals surface area contributed by atoms with Gasteiger partial charge < -0.3 is 9.84 Å². The SMILES string of the molecule is Cc1c(C(F)(F)C(F)(F)F)nn(C)c1-c1cc(-c2cc(C(=O)NC3(C#N)CC3)c(Cl)s2)on1. The van der Waals surface area contributed by atoms with E-state index >= 15 is 0 Å². The van der Waals surface area contributed by atoms with Crippen molar-refractivity contribution in [2.45, 2.75) is 37.4 Å². The van der Waals surface area contributed by atoms with Crippen LogP contribution in [0.3, 0.4) is 0 Å². The highest BCUT2D eigenvalue weighted by atomic mass is 35.5. The highest BCUT2D eigenvalue weighted by Gasteiger charge is 2.61. The molecule has 33 heavy (non-hydrogen) atoms. The molecule has 174 valence electrons. The fourth-order valence-corrected chi connectivity index (χ4v) is 4.46. The lowest BCUT2D eigenvalue weighted by molar-refractivity contribution is -0.291. The van der Waals surface area contributed by atoms with Gasteiger partial charge >= 0.3 is 12.1 Å². The van der Waals surface area contributed by atoms with Crippen LogP contribution in [0.1, 0.15) is 34.5 Å². The third kappa shape index (κ3) is 3.87. The van der Waals surface area contributed by atoms with Gasteiger partial charge in [-0.25, -0.2) is 0 Å². The van der Waals surface area contributed by atoms with E-state index in [2.05, 4.69) is 15.6 Å². The van der Waals surface area contributed by atoms with Crippen LogP contribution in [-0.2, 0) is 13.0 Å². The number of carbonyl (C=O) groups is 1. The van der Waals surface area contributed by atoms with Crippen molar-refractivity contribution >= 4 is 28.8 Å². The molecule has 0 radical (unpaired) electrons. The van der Waals surface area contributed by atoms with Crippen molar-refractivity contribution in [1.82, 2.24) is 20.3 Å². The van der Waals surface area contributed by atoms with Gasteiger partial charge in [-0.3, -0.25) is 9.48 Å². The van der Waals surface area contributed by atoms with E-state index in [1.165, 1.54) is 19.2 Å². The molecule has 0 saturated heterocycles. The number of nitrogens with one attached hydrogen (secondary N) is 1. The van der Waals surface area contributed by atoms with Gasteiger partial charge in [-0.1, -0.05) is 16.8 Å².